The fourth-order valence-corrected chi connectivity index (χ4v) is 2.73. The summed E-state index contributed by atoms with van der Waals surface area (Å²) in [4.78, 5) is 27.5. The fourth-order valence-electron chi connectivity index (χ4n) is 2.73. The summed E-state index contributed by atoms with van der Waals surface area (Å²) in [6.07, 6.45) is 6.56. The number of anilines is 1. The molecular weight excluding hydrogens is 328 g/mol. The molecule has 0 radical (unpaired) electrons. The lowest BCUT2D eigenvalue weighted by atomic mass is 10.1. The molecule has 7 heteroatoms. The van der Waals surface area contributed by atoms with Gasteiger partial charge in [-0.2, -0.15) is 5.10 Å². The molecule has 0 saturated heterocycles. The van der Waals surface area contributed by atoms with Gasteiger partial charge in [-0.1, -0.05) is 6.07 Å². The van der Waals surface area contributed by atoms with Crippen molar-refractivity contribution in [2.45, 2.75) is 0 Å². The predicted octanol–water partition coefficient (Wildman–Crippen LogP) is 2.48. The van der Waals surface area contributed by atoms with E-state index in [0.29, 0.717) is 16.9 Å². The number of carbonyl (C=O) groups is 1. The largest absolute Gasteiger partial charge is 0.363 e. The Morgan fingerprint density at radius 2 is 1.85 bits per heavy atom. The lowest BCUT2D eigenvalue weighted by molar-refractivity contribution is 0.103. The smallest absolute Gasteiger partial charge is 0.216 e. The van der Waals surface area contributed by atoms with Crippen LogP contribution in [0, 0.1) is 0 Å². The highest BCUT2D eigenvalue weighted by Crippen LogP contribution is 2.24. The van der Waals surface area contributed by atoms with Gasteiger partial charge in [0.05, 0.1) is 17.5 Å². The van der Waals surface area contributed by atoms with Crippen LogP contribution in [0.15, 0.2) is 61.2 Å². The van der Waals surface area contributed by atoms with Crippen molar-refractivity contribution in [3.05, 3.63) is 72.4 Å². The SMILES string of the molecule is CN(C)c1cc(-c2ccnc3c(C(=O)c4ccccn4)cnn23)ccn1. The van der Waals surface area contributed by atoms with Crippen LogP contribution in [0.3, 0.4) is 0 Å². The number of rotatable bonds is 4. The first-order valence-corrected chi connectivity index (χ1v) is 8.07. The van der Waals surface area contributed by atoms with Crippen LogP contribution < -0.4 is 4.90 Å². The molecule has 4 heterocycles. The Kier molecular flexibility index (Phi) is 3.89. The molecule has 0 saturated carbocycles. The van der Waals surface area contributed by atoms with E-state index in [9.17, 15) is 4.79 Å². The molecule has 0 aliphatic rings. The first-order chi connectivity index (χ1) is 12.6. The highest BCUT2D eigenvalue weighted by Gasteiger charge is 2.18. The van der Waals surface area contributed by atoms with Crippen LogP contribution in [-0.4, -0.2) is 44.4 Å². The zero-order chi connectivity index (χ0) is 18.1. The van der Waals surface area contributed by atoms with Gasteiger partial charge in [-0.05, 0) is 30.3 Å². The number of hydrogen-bond acceptors (Lipinski definition) is 6. The number of hydrogen-bond donors (Lipinski definition) is 0. The highest BCUT2D eigenvalue weighted by atomic mass is 16.1. The average molecular weight is 344 g/mol. The average Bonchev–Trinajstić information content (AvgIpc) is 3.12. The molecule has 0 spiro atoms. The van der Waals surface area contributed by atoms with Crippen molar-refractivity contribution in [3.63, 3.8) is 0 Å². The second-order valence-corrected chi connectivity index (χ2v) is 5.96. The fraction of sp³-hybridized carbons (Fsp3) is 0.105. The molecule has 0 unspecified atom stereocenters. The number of aromatic nitrogens is 5. The van der Waals surface area contributed by atoms with E-state index in [1.807, 2.05) is 37.2 Å². The Hall–Kier alpha value is -3.61. The summed E-state index contributed by atoms with van der Waals surface area (Å²) in [7, 11) is 3.87. The maximum atomic E-state index is 12.7. The zero-order valence-corrected chi connectivity index (χ0v) is 14.4. The van der Waals surface area contributed by atoms with Crippen LogP contribution in [-0.2, 0) is 0 Å². The number of ketones is 1. The highest BCUT2D eigenvalue weighted by molar-refractivity contribution is 6.11. The molecule has 0 N–H and O–H groups in total. The van der Waals surface area contributed by atoms with E-state index in [0.717, 1.165) is 17.1 Å². The van der Waals surface area contributed by atoms with Crippen molar-refractivity contribution in [2.75, 3.05) is 19.0 Å². The summed E-state index contributed by atoms with van der Waals surface area (Å²) in [5.74, 6) is 0.637. The Morgan fingerprint density at radius 3 is 2.62 bits per heavy atom. The summed E-state index contributed by atoms with van der Waals surface area (Å²) >= 11 is 0. The van der Waals surface area contributed by atoms with Crippen molar-refractivity contribution >= 4 is 17.2 Å². The quantitative estimate of drug-likeness (QED) is 0.529. The Balaban J connectivity index is 1.84. The van der Waals surface area contributed by atoms with Crippen LogP contribution >= 0.6 is 0 Å². The van der Waals surface area contributed by atoms with Crippen molar-refractivity contribution in [1.29, 1.82) is 0 Å². The second-order valence-electron chi connectivity index (χ2n) is 5.96. The van der Waals surface area contributed by atoms with Gasteiger partial charge in [-0.3, -0.25) is 9.78 Å². The predicted molar refractivity (Wildman–Crippen MR) is 98.2 cm³/mol. The van der Waals surface area contributed by atoms with Crippen LogP contribution in [0.5, 0.6) is 0 Å². The van der Waals surface area contributed by atoms with Crippen LogP contribution in [0.1, 0.15) is 16.1 Å². The summed E-state index contributed by atoms with van der Waals surface area (Å²) < 4.78 is 1.67. The topological polar surface area (TPSA) is 76.3 Å². The van der Waals surface area contributed by atoms with Crippen LogP contribution in [0.2, 0.25) is 0 Å². The summed E-state index contributed by atoms with van der Waals surface area (Å²) in [6.45, 7) is 0. The summed E-state index contributed by atoms with van der Waals surface area (Å²) in [5.41, 5.74) is 3.07. The first kappa shape index (κ1) is 15.9. The molecule has 0 fully saturated rings. The molecule has 7 nitrogen and oxygen atoms in total. The van der Waals surface area contributed by atoms with Crippen molar-refractivity contribution in [1.82, 2.24) is 24.6 Å². The van der Waals surface area contributed by atoms with Crippen molar-refractivity contribution in [2.24, 2.45) is 0 Å². The Morgan fingerprint density at radius 1 is 1.00 bits per heavy atom. The van der Waals surface area contributed by atoms with Gasteiger partial charge in [0.15, 0.2) is 5.65 Å². The van der Waals surface area contributed by atoms with Gasteiger partial charge in [-0.15, -0.1) is 0 Å². The summed E-state index contributed by atoms with van der Waals surface area (Å²) in [6, 6.07) is 11.0. The van der Waals surface area contributed by atoms with E-state index in [1.165, 1.54) is 6.20 Å². The summed E-state index contributed by atoms with van der Waals surface area (Å²) in [5, 5.41) is 4.39. The molecule has 26 heavy (non-hydrogen) atoms. The molecule has 128 valence electrons. The van der Waals surface area contributed by atoms with Crippen molar-refractivity contribution in [3.8, 4) is 11.3 Å². The second kappa shape index (κ2) is 6.36. The molecule has 0 amide bonds. The molecule has 4 rings (SSSR count). The molecule has 0 aromatic carbocycles. The minimum absolute atomic E-state index is 0.200. The first-order valence-electron chi connectivity index (χ1n) is 8.07. The lowest BCUT2D eigenvalue weighted by Crippen LogP contribution is -2.10. The van der Waals surface area contributed by atoms with E-state index < -0.39 is 0 Å². The standard InChI is InChI=1S/C19H16N6O/c1-24(2)17-11-13(6-9-21-17)16-7-10-22-19-14(12-23-25(16)19)18(26)15-5-3-4-8-20-15/h3-12H,1-2H3. The van der Waals surface area contributed by atoms with E-state index in [1.54, 1.807) is 41.3 Å². The third kappa shape index (κ3) is 2.69. The molecule has 0 bridgehead atoms. The maximum Gasteiger partial charge on any atom is 0.216 e. The lowest BCUT2D eigenvalue weighted by Gasteiger charge is -2.12. The van der Waals surface area contributed by atoms with Gasteiger partial charge in [0.25, 0.3) is 0 Å². The van der Waals surface area contributed by atoms with Gasteiger partial charge in [0.1, 0.15) is 11.5 Å². The Bertz CT molecular complexity index is 1090. The molecule has 4 aromatic heterocycles. The van der Waals surface area contributed by atoms with Crippen molar-refractivity contribution < 1.29 is 4.79 Å². The zero-order valence-electron chi connectivity index (χ0n) is 14.4. The molecule has 0 aliphatic heterocycles. The minimum atomic E-state index is -0.200. The van der Waals surface area contributed by atoms with Crippen LogP contribution in [0.4, 0.5) is 5.82 Å². The van der Waals surface area contributed by atoms with Gasteiger partial charge in [0, 0.05) is 38.2 Å². The van der Waals surface area contributed by atoms with E-state index in [-0.39, 0.29) is 5.78 Å². The third-order valence-corrected chi connectivity index (χ3v) is 4.04. The number of fused-ring (bicyclic) bond motifs is 1. The van der Waals surface area contributed by atoms with Gasteiger partial charge < -0.3 is 4.90 Å². The van der Waals surface area contributed by atoms with Gasteiger partial charge in [0.2, 0.25) is 5.78 Å². The van der Waals surface area contributed by atoms with Gasteiger partial charge in [-0.25, -0.2) is 14.5 Å². The molecule has 4 aromatic rings. The molecular formula is C19H16N6O. The minimum Gasteiger partial charge on any atom is -0.363 e. The maximum absolute atomic E-state index is 12.7. The number of pyridine rings is 2. The number of carbonyl (C=O) groups excluding carboxylic acids is 1. The molecule has 0 aliphatic carbocycles. The van der Waals surface area contributed by atoms with Crippen LogP contribution in [0.25, 0.3) is 16.9 Å². The van der Waals surface area contributed by atoms with E-state index >= 15 is 0 Å². The number of nitrogens with zero attached hydrogens (tertiary/aromatic N) is 6. The monoisotopic (exact) mass is 344 g/mol. The van der Waals surface area contributed by atoms with Gasteiger partial charge >= 0.3 is 0 Å². The van der Waals surface area contributed by atoms with E-state index in [2.05, 4.69) is 20.1 Å². The normalized spacial score (nSPS) is 10.8. The van der Waals surface area contributed by atoms with E-state index in [4.69, 9.17) is 0 Å². The third-order valence-electron chi connectivity index (χ3n) is 4.04. The Labute approximate surface area is 150 Å². The molecule has 0 atom stereocenters.